The molecule has 0 aromatic heterocycles. The first-order valence-corrected chi connectivity index (χ1v) is 4.29. The minimum Gasteiger partial charge on any atom is -0.395 e. The quantitative estimate of drug-likeness (QED) is 0.562. The lowest BCUT2D eigenvalue weighted by Gasteiger charge is -2.18. The Balaban J connectivity index is 3.41. The molecule has 1 N–H and O–H groups in total. The summed E-state index contributed by atoms with van der Waals surface area (Å²) in [5.41, 5.74) is 0. The van der Waals surface area contributed by atoms with Crippen molar-refractivity contribution in [2.24, 2.45) is 0 Å². The molecule has 0 heterocycles. The van der Waals surface area contributed by atoms with E-state index in [0.717, 1.165) is 19.6 Å². The number of hydrogen-bond acceptors (Lipinski definition) is 2. The van der Waals surface area contributed by atoms with Crippen LogP contribution >= 0.6 is 0 Å². The first-order valence-electron chi connectivity index (χ1n) is 4.29. The molecule has 0 spiro atoms. The van der Waals surface area contributed by atoms with E-state index in [9.17, 15) is 0 Å². The summed E-state index contributed by atoms with van der Waals surface area (Å²) in [6, 6.07) is 0. The molecule has 0 radical (unpaired) electrons. The van der Waals surface area contributed by atoms with E-state index in [1.165, 1.54) is 12.8 Å². The second-order valence-electron chi connectivity index (χ2n) is 2.67. The van der Waals surface area contributed by atoms with Gasteiger partial charge in [-0.05, 0) is 13.0 Å². The molecule has 0 atom stereocenters. The highest BCUT2D eigenvalue weighted by Gasteiger charge is 1.99. The summed E-state index contributed by atoms with van der Waals surface area (Å²) in [6.45, 7) is 8.82. The maximum absolute atomic E-state index is 8.69. The molecule has 0 aromatic carbocycles. The summed E-state index contributed by atoms with van der Waals surface area (Å²) in [7, 11) is 0. The van der Waals surface area contributed by atoms with Crippen LogP contribution in [0, 0.1) is 0 Å². The molecule has 66 valence electrons. The van der Waals surface area contributed by atoms with Crippen LogP contribution in [0.2, 0.25) is 0 Å². The first-order chi connectivity index (χ1) is 5.35. The Kier molecular flexibility index (Phi) is 7.52. The van der Waals surface area contributed by atoms with Crippen LogP contribution in [0.4, 0.5) is 0 Å². The number of nitrogens with zero attached hydrogens (tertiary/aromatic N) is 1. The Labute approximate surface area is 69.5 Å². The van der Waals surface area contributed by atoms with Gasteiger partial charge in [0.25, 0.3) is 0 Å². The Morgan fingerprint density at radius 2 is 2.18 bits per heavy atom. The minimum atomic E-state index is 0.248. The first kappa shape index (κ1) is 10.7. The summed E-state index contributed by atoms with van der Waals surface area (Å²) in [4.78, 5) is 2.20. The third kappa shape index (κ3) is 6.07. The molecular formula is C9H19NO. The smallest absolute Gasteiger partial charge is 0.0558 e. The van der Waals surface area contributed by atoms with Crippen LogP contribution in [0.25, 0.3) is 0 Å². The van der Waals surface area contributed by atoms with Crippen molar-refractivity contribution in [2.75, 3.05) is 26.2 Å². The zero-order valence-electron chi connectivity index (χ0n) is 7.42. The normalized spacial score (nSPS) is 10.5. The van der Waals surface area contributed by atoms with Gasteiger partial charge in [0.1, 0.15) is 0 Å². The van der Waals surface area contributed by atoms with Crippen LogP contribution in [-0.2, 0) is 0 Å². The fourth-order valence-corrected chi connectivity index (χ4v) is 1.00. The SMILES string of the molecule is C=CCN(CCO)CCCC. The lowest BCUT2D eigenvalue weighted by Crippen LogP contribution is -2.27. The highest BCUT2D eigenvalue weighted by Crippen LogP contribution is 1.93. The molecule has 2 heteroatoms. The molecule has 0 saturated heterocycles. The fraction of sp³-hybridized carbons (Fsp3) is 0.778. The van der Waals surface area contributed by atoms with Crippen LogP contribution in [0.5, 0.6) is 0 Å². The Morgan fingerprint density at radius 1 is 1.45 bits per heavy atom. The maximum Gasteiger partial charge on any atom is 0.0558 e. The van der Waals surface area contributed by atoms with Crippen LogP contribution in [-0.4, -0.2) is 36.2 Å². The molecular weight excluding hydrogens is 138 g/mol. The second-order valence-corrected chi connectivity index (χ2v) is 2.67. The third-order valence-corrected chi connectivity index (χ3v) is 1.63. The van der Waals surface area contributed by atoms with Gasteiger partial charge < -0.3 is 5.11 Å². The lowest BCUT2D eigenvalue weighted by atomic mass is 10.3. The summed E-state index contributed by atoms with van der Waals surface area (Å²) >= 11 is 0. The summed E-state index contributed by atoms with van der Waals surface area (Å²) < 4.78 is 0. The monoisotopic (exact) mass is 157 g/mol. The summed E-state index contributed by atoms with van der Waals surface area (Å²) in [5.74, 6) is 0. The molecule has 0 saturated carbocycles. The molecule has 0 unspecified atom stereocenters. The van der Waals surface area contributed by atoms with Gasteiger partial charge in [0, 0.05) is 13.1 Å². The molecule has 0 aromatic rings. The van der Waals surface area contributed by atoms with Crippen LogP contribution in [0.3, 0.4) is 0 Å². The van der Waals surface area contributed by atoms with Gasteiger partial charge >= 0.3 is 0 Å². The lowest BCUT2D eigenvalue weighted by molar-refractivity contribution is 0.207. The third-order valence-electron chi connectivity index (χ3n) is 1.63. The molecule has 0 amide bonds. The number of hydrogen-bond donors (Lipinski definition) is 1. The van der Waals surface area contributed by atoms with E-state index in [4.69, 9.17) is 5.11 Å². The van der Waals surface area contributed by atoms with Crippen molar-refractivity contribution in [1.82, 2.24) is 4.90 Å². The average molecular weight is 157 g/mol. The van der Waals surface area contributed by atoms with Gasteiger partial charge in [0.2, 0.25) is 0 Å². The predicted octanol–water partition coefficient (Wildman–Crippen LogP) is 1.27. The average Bonchev–Trinajstić information content (AvgIpc) is 2.01. The fourth-order valence-electron chi connectivity index (χ4n) is 1.00. The zero-order chi connectivity index (χ0) is 8.53. The van der Waals surface area contributed by atoms with Crippen molar-refractivity contribution in [2.45, 2.75) is 19.8 Å². The van der Waals surface area contributed by atoms with E-state index >= 15 is 0 Å². The number of unbranched alkanes of at least 4 members (excludes halogenated alkanes) is 1. The topological polar surface area (TPSA) is 23.5 Å². The number of aliphatic hydroxyl groups is 1. The largest absolute Gasteiger partial charge is 0.395 e. The summed E-state index contributed by atoms with van der Waals surface area (Å²) in [5, 5.41) is 8.69. The highest BCUT2D eigenvalue weighted by molar-refractivity contribution is 4.72. The second kappa shape index (κ2) is 7.76. The molecule has 11 heavy (non-hydrogen) atoms. The summed E-state index contributed by atoms with van der Waals surface area (Å²) in [6.07, 6.45) is 4.29. The van der Waals surface area contributed by atoms with Gasteiger partial charge in [-0.1, -0.05) is 19.4 Å². The van der Waals surface area contributed by atoms with Crippen molar-refractivity contribution < 1.29 is 5.11 Å². The van der Waals surface area contributed by atoms with Crippen LogP contribution in [0.1, 0.15) is 19.8 Å². The standard InChI is InChI=1S/C9H19NO/c1-3-5-7-10(6-4-2)8-9-11/h4,11H,2-3,5-9H2,1H3. The van der Waals surface area contributed by atoms with Gasteiger partial charge in [-0.15, -0.1) is 6.58 Å². The van der Waals surface area contributed by atoms with E-state index in [1.54, 1.807) is 0 Å². The van der Waals surface area contributed by atoms with Crippen molar-refractivity contribution in [3.8, 4) is 0 Å². The molecule has 0 rings (SSSR count). The van der Waals surface area contributed by atoms with Crippen molar-refractivity contribution in [3.63, 3.8) is 0 Å². The highest BCUT2D eigenvalue weighted by atomic mass is 16.3. The Morgan fingerprint density at radius 3 is 2.64 bits per heavy atom. The molecule has 0 bridgehead atoms. The zero-order valence-corrected chi connectivity index (χ0v) is 7.42. The van der Waals surface area contributed by atoms with E-state index < -0.39 is 0 Å². The van der Waals surface area contributed by atoms with Gasteiger partial charge in [-0.3, -0.25) is 4.90 Å². The van der Waals surface area contributed by atoms with Crippen molar-refractivity contribution in [3.05, 3.63) is 12.7 Å². The Hall–Kier alpha value is -0.340. The van der Waals surface area contributed by atoms with E-state index in [0.29, 0.717) is 0 Å². The van der Waals surface area contributed by atoms with Crippen molar-refractivity contribution >= 4 is 0 Å². The van der Waals surface area contributed by atoms with Crippen molar-refractivity contribution in [1.29, 1.82) is 0 Å². The molecule has 0 aliphatic rings. The van der Waals surface area contributed by atoms with Gasteiger partial charge in [0.05, 0.1) is 6.61 Å². The van der Waals surface area contributed by atoms with Gasteiger partial charge in [0.15, 0.2) is 0 Å². The van der Waals surface area contributed by atoms with E-state index in [1.807, 2.05) is 6.08 Å². The Bertz CT molecular complexity index is 93.6. The van der Waals surface area contributed by atoms with Crippen LogP contribution < -0.4 is 0 Å². The van der Waals surface area contributed by atoms with E-state index in [-0.39, 0.29) is 6.61 Å². The molecule has 0 aliphatic heterocycles. The van der Waals surface area contributed by atoms with Gasteiger partial charge in [-0.25, -0.2) is 0 Å². The molecule has 0 aliphatic carbocycles. The maximum atomic E-state index is 8.69. The van der Waals surface area contributed by atoms with E-state index in [2.05, 4.69) is 18.4 Å². The van der Waals surface area contributed by atoms with Gasteiger partial charge in [-0.2, -0.15) is 0 Å². The predicted molar refractivity (Wildman–Crippen MR) is 48.6 cm³/mol. The van der Waals surface area contributed by atoms with Crippen LogP contribution in [0.15, 0.2) is 12.7 Å². The number of rotatable bonds is 7. The molecule has 2 nitrogen and oxygen atoms in total. The minimum absolute atomic E-state index is 0.248. The number of aliphatic hydroxyl groups excluding tert-OH is 1. The molecule has 0 fully saturated rings.